The molecule has 100 valence electrons. The second-order valence-corrected chi connectivity index (χ2v) is 6.81. The van der Waals surface area contributed by atoms with Crippen molar-refractivity contribution in [1.29, 1.82) is 0 Å². The lowest BCUT2D eigenvalue weighted by Gasteiger charge is -2.12. The summed E-state index contributed by atoms with van der Waals surface area (Å²) >= 11 is 11.6. The predicted molar refractivity (Wildman–Crippen MR) is 70.8 cm³/mol. The number of halogens is 2. The molecule has 0 saturated heterocycles. The number of sulfone groups is 1. The standard InChI is InChI=1S/C11H12Cl2O4S/c1-2-10(11(14)15)18(16,17)6-7-5-8(12)3-4-9(7)13/h3-5,10H,2,6H2,1H3,(H,14,15). The Morgan fingerprint density at radius 3 is 2.50 bits per heavy atom. The highest BCUT2D eigenvalue weighted by molar-refractivity contribution is 7.92. The monoisotopic (exact) mass is 310 g/mol. The predicted octanol–water partition coefficient (Wildman–Crippen LogP) is 2.77. The van der Waals surface area contributed by atoms with E-state index < -0.39 is 26.8 Å². The zero-order valence-electron chi connectivity index (χ0n) is 9.56. The van der Waals surface area contributed by atoms with E-state index >= 15 is 0 Å². The maximum absolute atomic E-state index is 12.0. The summed E-state index contributed by atoms with van der Waals surface area (Å²) in [6.07, 6.45) is 0.00977. The van der Waals surface area contributed by atoms with E-state index in [2.05, 4.69) is 0 Å². The van der Waals surface area contributed by atoms with Crippen molar-refractivity contribution in [1.82, 2.24) is 0 Å². The second-order valence-electron chi connectivity index (χ2n) is 3.78. The van der Waals surface area contributed by atoms with E-state index in [4.69, 9.17) is 28.3 Å². The number of hydrogen-bond donors (Lipinski definition) is 1. The largest absolute Gasteiger partial charge is 0.480 e. The molecule has 0 fully saturated rings. The summed E-state index contributed by atoms with van der Waals surface area (Å²) in [5.41, 5.74) is 0.309. The number of carboxylic acid groups (broad SMARTS) is 1. The van der Waals surface area contributed by atoms with Crippen LogP contribution in [-0.4, -0.2) is 24.7 Å². The average Bonchev–Trinajstić information content (AvgIpc) is 2.22. The van der Waals surface area contributed by atoms with E-state index in [1.165, 1.54) is 25.1 Å². The van der Waals surface area contributed by atoms with Crippen LogP contribution >= 0.6 is 23.2 Å². The van der Waals surface area contributed by atoms with Crippen LogP contribution in [0.1, 0.15) is 18.9 Å². The molecule has 1 aromatic rings. The Morgan fingerprint density at radius 1 is 1.39 bits per heavy atom. The lowest BCUT2D eigenvalue weighted by molar-refractivity contribution is -0.136. The molecule has 0 aliphatic rings. The summed E-state index contributed by atoms with van der Waals surface area (Å²) in [6.45, 7) is 1.51. The normalized spacial score (nSPS) is 13.3. The summed E-state index contributed by atoms with van der Waals surface area (Å²) < 4.78 is 23.9. The Bertz CT molecular complexity index is 554. The summed E-state index contributed by atoms with van der Waals surface area (Å²) in [6, 6.07) is 4.45. The van der Waals surface area contributed by atoms with Gasteiger partial charge < -0.3 is 5.11 Å². The fourth-order valence-corrected chi connectivity index (χ4v) is 3.70. The molecular weight excluding hydrogens is 299 g/mol. The molecule has 0 aromatic heterocycles. The third-order valence-corrected chi connectivity index (χ3v) is 5.16. The topological polar surface area (TPSA) is 71.4 Å². The first-order valence-corrected chi connectivity index (χ1v) is 7.63. The average molecular weight is 311 g/mol. The molecule has 0 radical (unpaired) electrons. The maximum atomic E-state index is 12.0. The number of rotatable bonds is 5. The van der Waals surface area contributed by atoms with Crippen molar-refractivity contribution in [3.63, 3.8) is 0 Å². The van der Waals surface area contributed by atoms with Crippen LogP contribution in [0.4, 0.5) is 0 Å². The molecule has 0 heterocycles. The van der Waals surface area contributed by atoms with Crippen molar-refractivity contribution in [2.24, 2.45) is 0 Å². The lowest BCUT2D eigenvalue weighted by Crippen LogP contribution is -2.30. The van der Waals surface area contributed by atoms with Gasteiger partial charge >= 0.3 is 5.97 Å². The van der Waals surface area contributed by atoms with Crippen molar-refractivity contribution < 1.29 is 18.3 Å². The second kappa shape index (κ2) is 5.91. The molecule has 0 aliphatic heterocycles. The van der Waals surface area contributed by atoms with E-state index in [9.17, 15) is 13.2 Å². The Balaban J connectivity index is 3.09. The van der Waals surface area contributed by atoms with Crippen molar-refractivity contribution in [3.8, 4) is 0 Å². The van der Waals surface area contributed by atoms with E-state index in [1.807, 2.05) is 0 Å². The first-order valence-electron chi connectivity index (χ1n) is 5.16. The number of carbonyl (C=O) groups is 1. The first-order chi connectivity index (χ1) is 8.27. The van der Waals surface area contributed by atoms with Gasteiger partial charge in [0.25, 0.3) is 0 Å². The third kappa shape index (κ3) is 3.60. The van der Waals surface area contributed by atoms with Gasteiger partial charge in [-0.1, -0.05) is 30.1 Å². The van der Waals surface area contributed by atoms with Gasteiger partial charge in [0.15, 0.2) is 15.1 Å². The minimum atomic E-state index is -3.81. The number of carboxylic acids is 1. The summed E-state index contributed by atoms with van der Waals surface area (Å²) in [5, 5.41) is 8.06. The van der Waals surface area contributed by atoms with Crippen LogP contribution in [0.5, 0.6) is 0 Å². The lowest BCUT2D eigenvalue weighted by atomic mass is 10.2. The van der Waals surface area contributed by atoms with Crippen LogP contribution in [0, 0.1) is 0 Å². The number of aliphatic carboxylic acids is 1. The van der Waals surface area contributed by atoms with E-state index in [0.717, 1.165) is 0 Å². The highest BCUT2D eigenvalue weighted by Crippen LogP contribution is 2.24. The highest BCUT2D eigenvalue weighted by Gasteiger charge is 2.31. The van der Waals surface area contributed by atoms with Crippen molar-refractivity contribution >= 4 is 39.0 Å². The molecular formula is C11H12Cl2O4S. The van der Waals surface area contributed by atoms with Crippen LogP contribution in [0.2, 0.25) is 10.0 Å². The van der Waals surface area contributed by atoms with Gasteiger partial charge in [0, 0.05) is 10.0 Å². The molecule has 0 bridgehead atoms. The van der Waals surface area contributed by atoms with Crippen molar-refractivity contribution in [2.45, 2.75) is 24.3 Å². The van der Waals surface area contributed by atoms with Crippen molar-refractivity contribution in [2.75, 3.05) is 0 Å². The van der Waals surface area contributed by atoms with Crippen molar-refractivity contribution in [3.05, 3.63) is 33.8 Å². The molecule has 7 heteroatoms. The van der Waals surface area contributed by atoms with Gasteiger partial charge in [0.2, 0.25) is 0 Å². The molecule has 0 amide bonds. The van der Waals surface area contributed by atoms with E-state index in [-0.39, 0.29) is 11.4 Å². The highest BCUT2D eigenvalue weighted by atomic mass is 35.5. The fraction of sp³-hybridized carbons (Fsp3) is 0.364. The minimum absolute atomic E-state index is 0.00977. The minimum Gasteiger partial charge on any atom is -0.480 e. The van der Waals surface area contributed by atoms with Gasteiger partial charge in [-0.15, -0.1) is 0 Å². The van der Waals surface area contributed by atoms with Gasteiger partial charge in [-0.25, -0.2) is 8.42 Å². The number of benzene rings is 1. The molecule has 1 rings (SSSR count). The molecule has 0 aliphatic carbocycles. The molecule has 0 spiro atoms. The first kappa shape index (κ1) is 15.3. The third-order valence-electron chi connectivity index (χ3n) is 2.44. The summed E-state index contributed by atoms with van der Waals surface area (Å²) in [7, 11) is -3.81. The summed E-state index contributed by atoms with van der Waals surface area (Å²) in [5.74, 6) is -1.78. The molecule has 1 atom stereocenters. The Labute approximate surface area is 115 Å². The SMILES string of the molecule is CCC(C(=O)O)S(=O)(=O)Cc1cc(Cl)ccc1Cl. The quantitative estimate of drug-likeness (QED) is 0.907. The van der Waals surface area contributed by atoms with Gasteiger partial charge in [0.1, 0.15) is 0 Å². The van der Waals surface area contributed by atoms with Crippen LogP contribution in [0.25, 0.3) is 0 Å². The molecule has 4 nitrogen and oxygen atoms in total. The van der Waals surface area contributed by atoms with Crippen LogP contribution < -0.4 is 0 Å². The van der Waals surface area contributed by atoms with Gasteiger partial charge in [-0.3, -0.25) is 4.79 Å². The van der Waals surface area contributed by atoms with Gasteiger partial charge in [0.05, 0.1) is 5.75 Å². The smallest absolute Gasteiger partial charge is 0.321 e. The molecule has 18 heavy (non-hydrogen) atoms. The number of hydrogen-bond acceptors (Lipinski definition) is 3. The zero-order valence-corrected chi connectivity index (χ0v) is 11.9. The fourth-order valence-electron chi connectivity index (χ4n) is 1.55. The molecule has 0 saturated carbocycles. The van der Waals surface area contributed by atoms with Crippen LogP contribution in [-0.2, 0) is 20.4 Å². The van der Waals surface area contributed by atoms with Crippen LogP contribution in [0.3, 0.4) is 0 Å². The summed E-state index contributed by atoms with van der Waals surface area (Å²) in [4.78, 5) is 10.9. The molecule has 1 unspecified atom stereocenters. The van der Waals surface area contributed by atoms with Gasteiger partial charge in [-0.05, 0) is 30.2 Å². The van der Waals surface area contributed by atoms with Gasteiger partial charge in [-0.2, -0.15) is 0 Å². The zero-order chi connectivity index (χ0) is 13.9. The van der Waals surface area contributed by atoms with Crippen LogP contribution in [0.15, 0.2) is 18.2 Å². The Morgan fingerprint density at radius 2 is 2.00 bits per heavy atom. The molecule has 1 N–H and O–H groups in total. The van der Waals surface area contributed by atoms with E-state index in [0.29, 0.717) is 10.6 Å². The van der Waals surface area contributed by atoms with E-state index in [1.54, 1.807) is 0 Å². The Hall–Kier alpha value is -0.780. The maximum Gasteiger partial charge on any atom is 0.321 e. The Kier molecular flexibility index (Phi) is 5.01. The molecule has 1 aromatic carbocycles.